The molecule has 92 valence electrons. The van der Waals surface area contributed by atoms with E-state index in [4.69, 9.17) is 5.11 Å². The van der Waals surface area contributed by atoms with Crippen molar-refractivity contribution in [3.8, 4) is 0 Å². The molecule has 0 fully saturated rings. The van der Waals surface area contributed by atoms with Crippen LogP contribution in [-0.4, -0.2) is 30.7 Å². The number of esters is 1. The number of hydrogen-bond donors (Lipinski definition) is 2. The first-order valence-electron chi connectivity index (χ1n) is 4.49. The van der Waals surface area contributed by atoms with Crippen molar-refractivity contribution in [2.24, 2.45) is 0 Å². The van der Waals surface area contributed by atoms with Crippen LogP contribution in [0.3, 0.4) is 0 Å². The second-order valence-corrected chi connectivity index (χ2v) is 3.02. The Morgan fingerprint density at radius 2 is 2.00 bits per heavy atom. The normalized spacial score (nSPS) is 9.82. The van der Waals surface area contributed by atoms with Crippen LogP contribution in [0.5, 0.6) is 0 Å². The number of methoxy groups -OCH3 is 1. The molecule has 5 nitrogen and oxygen atoms in total. The predicted octanol–water partition coefficient (Wildman–Crippen LogP) is 1.25. The number of carboxylic acid groups (broad SMARTS) is 1. The van der Waals surface area contributed by atoms with Crippen LogP contribution < -0.4 is 5.32 Å². The molecule has 0 aliphatic heterocycles. The van der Waals surface area contributed by atoms with Crippen LogP contribution in [0.15, 0.2) is 12.1 Å². The first kappa shape index (κ1) is 12.9. The van der Waals surface area contributed by atoms with E-state index in [0.29, 0.717) is 0 Å². The molecule has 0 unspecified atom stereocenters. The van der Waals surface area contributed by atoms with Crippen LogP contribution in [-0.2, 0) is 9.53 Å². The lowest BCUT2D eigenvalue weighted by Crippen LogP contribution is -2.16. The van der Waals surface area contributed by atoms with Crippen molar-refractivity contribution in [2.75, 3.05) is 19.0 Å². The summed E-state index contributed by atoms with van der Waals surface area (Å²) in [5.74, 6) is -5.06. The van der Waals surface area contributed by atoms with E-state index in [1.54, 1.807) is 0 Å². The highest BCUT2D eigenvalue weighted by molar-refractivity contribution is 5.88. The predicted molar refractivity (Wildman–Crippen MR) is 53.8 cm³/mol. The standard InChI is InChI=1S/C10H9F2NO4/c1-17-7(14)4-13-6-3-2-5(10(15)16)8(11)9(6)12/h2-3,13H,4H2,1H3,(H,15,16). The first-order valence-corrected chi connectivity index (χ1v) is 4.49. The van der Waals surface area contributed by atoms with Gasteiger partial charge in [0.25, 0.3) is 0 Å². The van der Waals surface area contributed by atoms with Gasteiger partial charge in [-0.25, -0.2) is 13.6 Å². The summed E-state index contributed by atoms with van der Waals surface area (Å²) in [7, 11) is 1.15. The van der Waals surface area contributed by atoms with Crippen molar-refractivity contribution in [3.63, 3.8) is 0 Å². The molecule has 17 heavy (non-hydrogen) atoms. The number of nitrogens with one attached hydrogen (secondary N) is 1. The van der Waals surface area contributed by atoms with Gasteiger partial charge in [0, 0.05) is 0 Å². The van der Waals surface area contributed by atoms with Crippen LogP contribution in [0.25, 0.3) is 0 Å². The first-order chi connectivity index (χ1) is 7.97. The summed E-state index contributed by atoms with van der Waals surface area (Å²) in [6.45, 7) is -0.348. The lowest BCUT2D eigenvalue weighted by Gasteiger charge is -2.08. The number of hydrogen-bond acceptors (Lipinski definition) is 4. The Labute approximate surface area is 95.0 Å². The number of ether oxygens (including phenoxy) is 1. The van der Waals surface area contributed by atoms with Gasteiger partial charge in [-0.2, -0.15) is 0 Å². The number of carbonyl (C=O) groups is 2. The fourth-order valence-corrected chi connectivity index (χ4v) is 1.09. The molecule has 0 saturated heterocycles. The molecule has 2 N–H and O–H groups in total. The van der Waals surface area contributed by atoms with E-state index in [-0.39, 0.29) is 12.2 Å². The number of rotatable bonds is 4. The third kappa shape index (κ3) is 2.90. The van der Waals surface area contributed by atoms with Gasteiger partial charge in [-0.1, -0.05) is 0 Å². The van der Waals surface area contributed by atoms with Gasteiger partial charge in [0.2, 0.25) is 0 Å². The van der Waals surface area contributed by atoms with Crippen molar-refractivity contribution in [2.45, 2.75) is 0 Å². The maximum Gasteiger partial charge on any atom is 0.338 e. The molecule has 1 rings (SSSR count). The summed E-state index contributed by atoms with van der Waals surface area (Å²) in [5, 5.41) is 10.8. The smallest absolute Gasteiger partial charge is 0.338 e. The Morgan fingerprint density at radius 3 is 2.53 bits per heavy atom. The van der Waals surface area contributed by atoms with Gasteiger partial charge < -0.3 is 15.2 Å². The number of aromatic carboxylic acids is 1. The van der Waals surface area contributed by atoms with E-state index in [2.05, 4.69) is 10.1 Å². The Morgan fingerprint density at radius 1 is 1.35 bits per heavy atom. The molecular weight excluding hydrogens is 236 g/mol. The van der Waals surface area contributed by atoms with Gasteiger partial charge in [0.05, 0.1) is 18.4 Å². The van der Waals surface area contributed by atoms with E-state index >= 15 is 0 Å². The molecule has 0 amide bonds. The molecule has 0 aliphatic rings. The third-order valence-corrected chi connectivity index (χ3v) is 1.96. The Hall–Kier alpha value is -2.18. The molecule has 7 heteroatoms. The van der Waals surface area contributed by atoms with Crippen molar-refractivity contribution in [1.29, 1.82) is 0 Å². The minimum absolute atomic E-state index is 0.307. The Balaban J connectivity index is 2.93. The summed E-state index contributed by atoms with van der Waals surface area (Å²) in [4.78, 5) is 21.3. The van der Waals surface area contributed by atoms with Gasteiger partial charge in [-0.05, 0) is 12.1 Å². The Bertz CT molecular complexity index is 462. The van der Waals surface area contributed by atoms with E-state index in [1.165, 1.54) is 0 Å². The highest BCUT2D eigenvalue weighted by atomic mass is 19.2. The SMILES string of the molecule is COC(=O)CNc1ccc(C(=O)O)c(F)c1F. The Kier molecular flexibility index (Phi) is 3.97. The average Bonchev–Trinajstić information content (AvgIpc) is 2.30. The zero-order valence-corrected chi connectivity index (χ0v) is 8.79. The van der Waals surface area contributed by atoms with Gasteiger partial charge >= 0.3 is 11.9 Å². The van der Waals surface area contributed by atoms with Crippen LogP contribution >= 0.6 is 0 Å². The van der Waals surface area contributed by atoms with E-state index in [9.17, 15) is 18.4 Å². The van der Waals surface area contributed by atoms with Crippen molar-refractivity contribution in [3.05, 3.63) is 29.3 Å². The highest BCUT2D eigenvalue weighted by Crippen LogP contribution is 2.20. The monoisotopic (exact) mass is 245 g/mol. The molecule has 0 saturated carbocycles. The highest BCUT2D eigenvalue weighted by Gasteiger charge is 2.18. The van der Waals surface area contributed by atoms with Crippen LogP contribution in [0.2, 0.25) is 0 Å². The lowest BCUT2D eigenvalue weighted by molar-refractivity contribution is -0.138. The van der Waals surface area contributed by atoms with Crippen LogP contribution in [0.4, 0.5) is 14.5 Å². The van der Waals surface area contributed by atoms with Crippen LogP contribution in [0.1, 0.15) is 10.4 Å². The van der Waals surface area contributed by atoms with Gasteiger partial charge in [0.1, 0.15) is 6.54 Å². The minimum Gasteiger partial charge on any atom is -0.478 e. The fourth-order valence-electron chi connectivity index (χ4n) is 1.09. The molecule has 1 aromatic rings. The van der Waals surface area contributed by atoms with Crippen LogP contribution in [0, 0.1) is 11.6 Å². The van der Waals surface area contributed by atoms with E-state index < -0.39 is 29.1 Å². The maximum absolute atomic E-state index is 13.3. The third-order valence-electron chi connectivity index (χ3n) is 1.96. The number of benzene rings is 1. The fraction of sp³-hybridized carbons (Fsp3) is 0.200. The molecule has 0 aromatic heterocycles. The quantitative estimate of drug-likeness (QED) is 0.781. The molecule has 0 radical (unpaired) electrons. The van der Waals surface area contributed by atoms with Gasteiger partial charge in [0.15, 0.2) is 11.6 Å². The largest absolute Gasteiger partial charge is 0.478 e. The van der Waals surface area contributed by atoms with Crippen molar-refractivity contribution < 1.29 is 28.2 Å². The molecule has 0 bridgehead atoms. The van der Waals surface area contributed by atoms with Crippen molar-refractivity contribution in [1.82, 2.24) is 0 Å². The van der Waals surface area contributed by atoms with Gasteiger partial charge in [-0.3, -0.25) is 4.79 Å². The summed E-state index contributed by atoms with van der Waals surface area (Å²) in [5.41, 5.74) is -1.08. The number of carboxylic acids is 1. The minimum atomic E-state index is -1.57. The van der Waals surface area contributed by atoms with Crippen molar-refractivity contribution >= 4 is 17.6 Å². The van der Waals surface area contributed by atoms with E-state index in [0.717, 1.165) is 19.2 Å². The zero-order valence-electron chi connectivity index (χ0n) is 8.79. The maximum atomic E-state index is 13.3. The number of carbonyl (C=O) groups excluding carboxylic acids is 1. The number of halogens is 2. The molecule has 1 aromatic carbocycles. The summed E-state index contributed by atoms with van der Waals surface area (Å²) in [6.07, 6.45) is 0. The molecular formula is C10H9F2NO4. The van der Waals surface area contributed by atoms with Gasteiger partial charge in [-0.15, -0.1) is 0 Å². The summed E-state index contributed by atoms with van der Waals surface area (Å²) in [6, 6.07) is 1.94. The summed E-state index contributed by atoms with van der Waals surface area (Å²) >= 11 is 0. The lowest BCUT2D eigenvalue weighted by atomic mass is 10.2. The average molecular weight is 245 g/mol. The molecule has 0 aliphatic carbocycles. The molecule has 0 heterocycles. The second kappa shape index (κ2) is 5.24. The molecule has 0 atom stereocenters. The number of anilines is 1. The zero-order chi connectivity index (χ0) is 13.0. The van der Waals surface area contributed by atoms with E-state index in [1.807, 2.05) is 0 Å². The molecule has 0 spiro atoms. The second-order valence-electron chi connectivity index (χ2n) is 3.02. The topological polar surface area (TPSA) is 75.6 Å². The summed E-state index contributed by atoms with van der Waals surface area (Å²) < 4.78 is 30.8.